The number of benzene rings is 1. The first-order chi connectivity index (χ1) is 15.7. The summed E-state index contributed by atoms with van der Waals surface area (Å²) in [5.74, 6) is 2.61. The number of para-hydroxylation sites is 2. The number of pyridine rings is 1. The van der Waals surface area contributed by atoms with Crippen molar-refractivity contribution >= 4 is 68.1 Å². The molecule has 0 atom stereocenters. The van der Waals surface area contributed by atoms with E-state index in [2.05, 4.69) is 60.4 Å². The molecule has 4 heterocycles. The van der Waals surface area contributed by atoms with Gasteiger partial charge in [-0.15, -0.1) is 0 Å². The molecule has 164 valence electrons. The highest BCUT2D eigenvalue weighted by Gasteiger charge is 2.22. The van der Waals surface area contributed by atoms with Crippen LogP contribution in [0.2, 0.25) is 0 Å². The zero-order chi connectivity index (χ0) is 21.9. The monoisotopic (exact) mass is 654 g/mol. The van der Waals surface area contributed by atoms with Crippen LogP contribution < -0.4 is 10.2 Å². The van der Waals surface area contributed by atoms with Crippen molar-refractivity contribution in [3.8, 4) is 5.95 Å². The summed E-state index contributed by atoms with van der Waals surface area (Å²) < 4.78 is 7.69. The number of nitrogens with zero attached hydrogens (tertiary/aromatic N) is 7. The fourth-order valence-electron chi connectivity index (χ4n) is 3.52. The highest BCUT2D eigenvalue weighted by atomic mass is 127. The third-order valence-corrected chi connectivity index (χ3v) is 6.20. The van der Waals surface area contributed by atoms with E-state index in [0.717, 1.165) is 35.5 Å². The van der Waals surface area contributed by atoms with E-state index in [1.54, 1.807) is 12.4 Å². The second-order valence-electron chi connectivity index (χ2n) is 7.16. The molecule has 11 heteroatoms. The Morgan fingerprint density at radius 2 is 1.69 bits per heavy atom. The maximum atomic E-state index is 5.52. The number of anilines is 2. The quantitative estimate of drug-likeness (QED) is 0.247. The zero-order valence-electron chi connectivity index (χ0n) is 17.0. The van der Waals surface area contributed by atoms with Gasteiger partial charge in [0.25, 0.3) is 0 Å². The topological polar surface area (TPSA) is 93.9 Å². The predicted molar refractivity (Wildman–Crippen MR) is 140 cm³/mol. The van der Waals surface area contributed by atoms with Gasteiger partial charge in [0.15, 0.2) is 0 Å². The third-order valence-electron chi connectivity index (χ3n) is 5.09. The summed E-state index contributed by atoms with van der Waals surface area (Å²) in [6.45, 7) is 3.39. The van der Waals surface area contributed by atoms with Crippen LogP contribution in [0.3, 0.4) is 0 Å². The van der Waals surface area contributed by atoms with Crippen molar-refractivity contribution in [2.75, 3.05) is 36.5 Å². The van der Waals surface area contributed by atoms with Crippen LogP contribution in [0.25, 0.3) is 17.0 Å². The van der Waals surface area contributed by atoms with E-state index in [-0.39, 0.29) is 1.93 Å². The summed E-state index contributed by atoms with van der Waals surface area (Å²) in [7, 11) is 0. The first-order valence-electron chi connectivity index (χ1n) is 10.2. The number of hydrogen-bond donors (Lipinski definition) is 1. The number of ether oxygens (including phenoxy) is 1. The van der Waals surface area contributed by atoms with Gasteiger partial charge in [-0.2, -0.15) is 15.0 Å². The van der Waals surface area contributed by atoms with E-state index in [4.69, 9.17) is 24.7 Å². The standard InChI is InChI=1S/C21H20I2N8O/c22-17(23)18-26-15-3-1-2-4-16(15)31(18)21-28-19(25-13-14-5-7-24-8-6-14)27-20(29-21)30-9-11-32-12-10-30/h1-8,17H,9-13H2,(H,25,27,28,29). The molecule has 3 aromatic heterocycles. The van der Waals surface area contributed by atoms with Gasteiger partial charge in [-0.25, -0.2) is 4.98 Å². The van der Waals surface area contributed by atoms with Crippen LogP contribution in [0.1, 0.15) is 13.3 Å². The molecule has 0 spiro atoms. The average molecular weight is 654 g/mol. The minimum atomic E-state index is 0.148. The molecule has 9 nitrogen and oxygen atoms in total. The largest absolute Gasteiger partial charge is 0.378 e. The minimum absolute atomic E-state index is 0.148. The van der Waals surface area contributed by atoms with Crippen molar-refractivity contribution in [1.29, 1.82) is 0 Å². The first kappa shape index (κ1) is 21.7. The maximum absolute atomic E-state index is 5.52. The van der Waals surface area contributed by atoms with Crippen LogP contribution >= 0.6 is 45.2 Å². The van der Waals surface area contributed by atoms with Crippen LogP contribution in [0.4, 0.5) is 11.9 Å². The van der Waals surface area contributed by atoms with Gasteiger partial charge < -0.3 is 15.0 Å². The third kappa shape index (κ3) is 4.64. The van der Waals surface area contributed by atoms with Crippen molar-refractivity contribution in [1.82, 2.24) is 29.5 Å². The molecular weight excluding hydrogens is 634 g/mol. The molecule has 4 aromatic rings. The van der Waals surface area contributed by atoms with E-state index < -0.39 is 0 Å². The molecule has 1 saturated heterocycles. The summed E-state index contributed by atoms with van der Waals surface area (Å²) in [5.41, 5.74) is 2.99. The van der Waals surface area contributed by atoms with Gasteiger partial charge >= 0.3 is 0 Å². The summed E-state index contributed by atoms with van der Waals surface area (Å²) in [5, 5.41) is 3.35. The number of hydrogen-bond acceptors (Lipinski definition) is 8. The van der Waals surface area contributed by atoms with E-state index in [1.165, 1.54) is 0 Å². The molecule has 0 saturated carbocycles. The van der Waals surface area contributed by atoms with E-state index in [0.29, 0.717) is 37.6 Å². The highest BCUT2D eigenvalue weighted by Crippen LogP contribution is 2.34. The lowest BCUT2D eigenvalue weighted by molar-refractivity contribution is 0.122. The van der Waals surface area contributed by atoms with Crippen LogP contribution in [0.5, 0.6) is 0 Å². The maximum Gasteiger partial charge on any atom is 0.242 e. The Kier molecular flexibility index (Phi) is 6.64. The molecule has 1 aliphatic heterocycles. The van der Waals surface area contributed by atoms with Crippen molar-refractivity contribution in [2.45, 2.75) is 8.48 Å². The fourth-order valence-corrected chi connectivity index (χ4v) is 4.36. The van der Waals surface area contributed by atoms with Crippen molar-refractivity contribution in [3.05, 3.63) is 60.2 Å². The molecule has 32 heavy (non-hydrogen) atoms. The predicted octanol–water partition coefficient (Wildman–Crippen LogP) is 3.92. The molecule has 1 N–H and O–H groups in total. The number of morpholine rings is 1. The van der Waals surface area contributed by atoms with Crippen LogP contribution in [-0.2, 0) is 11.3 Å². The molecule has 0 aliphatic carbocycles. The molecular formula is C21H20I2N8O. The number of nitrogens with one attached hydrogen (secondary N) is 1. The van der Waals surface area contributed by atoms with Gasteiger partial charge in [0.1, 0.15) is 7.76 Å². The van der Waals surface area contributed by atoms with Crippen LogP contribution in [0, 0.1) is 0 Å². The molecule has 0 unspecified atom stereocenters. The number of rotatable bonds is 6. The molecule has 0 bridgehead atoms. The lowest BCUT2D eigenvalue weighted by atomic mass is 10.3. The lowest BCUT2D eigenvalue weighted by Gasteiger charge is -2.27. The molecule has 0 amide bonds. The molecule has 1 aliphatic rings. The van der Waals surface area contributed by atoms with Gasteiger partial charge in [0.05, 0.1) is 24.2 Å². The minimum Gasteiger partial charge on any atom is -0.378 e. The number of imidazole rings is 1. The number of aromatic nitrogens is 6. The zero-order valence-corrected chi connectivity index (χ0v) is 21.3. The summed E-state index contributed by atoms with van der Waals surface area (Å²) in [4.78, 5) is 25.4. The molecule has 0 radical (unpaired) electrons. The van der Waals surface area contributed by atoms with E-state index in [1.807, 2.05) is 41.0 Å². The van der Waals surface area contributed by atoms with Crippen molar-refractivity contribution < 1.29 is 4.74 Å². The molecule has 1 fully saturated rings. The Morgan fingerprint density at radius 1 is 0.938 bits per heavy atom. The van der Waals surface area contributed by atoms with Gasteiger partial charge in [-0.05, 0) is 29.8 Å². The molecule has 1 aromatic carbocycles. The number of halogens is 2. The fraction of sp³-hybridized carbons (Fsp3) is 0.286. The number of fused-ring (bicyclic) bond motifs is 1. The van der Waals surface area contributed by atoms with E-state index in [9.17, 15) is 0 Å². The lowest BCUT2D eigenvalue weighted by Crippen LogP contribution is -2.37. The van der Waals surface area contributed by atoms with Gasteiger partial charge in [-0.1, -0.05) is 57.3 Å². The SMILES string of the molecule is IC(I)c1nc2ccccc2n1-c1nc(NCc2ccncc2)nc(N2CCOCC2)n1. The number of alkyl halides is 2. The summed E-state index contributed by atoms with van der Waals surface area (Å²) in [6.07, 6.45) is 3.56. The van der Waals surface area contributed by atoms with Crippen molar-refractivity contribution in [2.24, 2.45) is 0 Å². The summed E-state index contributed by atoms with van der Waals surface area (Å²) in [6, 6.07) is 12.0. The van der Waals surface area contributed by atoms with Gasteiger partial charge in [0, 0.05) is 32.0 Å². The van der Waals surface area contributed by atoms with Crippen molar-refractivity contribution in [3.63, 3.8) is 0 Å². The smallest absolute Gasteiger partial charge is 0.242 e. The Labute approximate surface area is 212 Å². The molecule has 5 rings (SSSR count). The highest BCUT2D eigenvalue weighted by molar-refractivity contribution is 14.2. The van der Waals surface area contributed by atoms with Crippen LogP contribution in [-0.4, -0.2) is 55.8 Å². The van der Waals surface area contributed by atoms with Gasteiger partial charge in [0.2, 0.25) is 17.8 Å². The average Bonchev–Trinajstić information content (AvgIpc) is 3.24. The van der Waals surface area contributed by atoms with Gasteiger partial charge in [-0.3, -0.25) is 9.55 Å². The Balaban J connectivity index is 1.60. The Hall–Kier alpha value is -2.13. The second kappa shape index (κ2) is 9.79. The van der Waals surface area contributed by atoms with Crippen LogP contribution in [0.15, 0.2) is 48.8 Å². The summed E-state index contributed by atoms with van der Waals surface area (Å²) >= 11 is 4.73. The Bertz CT molecular complexity index is 1210. The first-order valence-corrected chi connectivity index (χ1v) is 12.7. The Morgan fingerprint density at radius 3 is 2.47 bits per heavy atom. The van der Waals surface area contributed by atoms with E-state index >= 15 is 0 Å². The second-order valence-corrected chi connectivity index (χ2v) is 12.0. The normalized spacial score (nSPS) is 14.3.